The van der Waals surface area contributed by atoms with Crippen molar-refractivity contribution in [2.45, 2.75) is 0 Å². The van der Waals surface area contributed by atoms with E-state index in [4.69, 9.17) is 14.2 Å². The Morgan fingerprint density at radius 1 is 0.750 bits per heavy atom. The van der Waals surface area contributed by atoms with Gasteiger partial charge in [-0.2, -0.15) is 0 Å². The molecule has 0 aromatic heterocycles. The Labute approximate surface area is 186 Å². The number of para-hydroxylation sites is 2. The number of carbonyl (C=O) groups excluding carboxylic acids is 2. The number of nitrogens with one attached hydrogen (secondary N) is 2. The predicted octanol–water partition coefficient (Wildman–Crippen LogP) is 4.12. The van der Waals surface area contributed by atoms with E-state index in [1.54, 1.807) is 73.8 Å². The summed E-state index contributed by atoms with van der Waals surface area (Å²) in [4.78, 5) is 26.1. The van der Waals surface area contributed by atoms with Crippen molar-refractivity contribution in [3.63, 3.8) is 0 Å². The van der Waals surface area contributed by atoms with Gasteiger partial charge in [-0.1, -0.05) is 30.3 Å². The lowest BCUT2D eigenvalue weighted by Gasteiger charge is -2.14. The van der Waals surface area contributed by atoms with E-state index >= 15 is 0 Å². The fourth-order valence-corrected chi connectivity index (χ4v) is 2.99. The van der Waals surface area contributed by atoms with Crippen LogP contribution in [0.2, 0.25) is 0 Å². The molecule has 164 valence electrons. The maximum absolute atomic E-state index is 13.1. The zero-order valence-corrected chi connectivity index (χ0v) is 18.0. The molecule has 7 nitrogen and oxygen atoms in total. The highest BCUT2D eigenvalue weighted by Crippen LogP contribution is 2.22. The molecular weight excluding hydrogens is 408 g/mol. The first-order valence-corrected chi connectivity index (χ1v) is 9.80. The lowest BCUT2D eigenvalue weighted by atomic mass is 10.1. The molecule has 0 saturated carbocycles. The standard InChI is InChI=1S/C25H24N2O5/c1-30-19-14-12-18(13-15-19)26-25(29)21(16-17-8-4-6-10-22(17)31-2)27-24(28)20-9-5-7-11-23(20)32-3/h4-16H,1-3H3,(H,26,29)(H,27,28)/b21-16-. The van der Waals surface area contributed by atoms with Gasteiger partial charge in [0.1, 0.15) is 22.9 Å². The molecule has 0 saturated heterocycles. The molecule has 0 atom stereocenters. The Balaban J connectivity index is 1.94. The van der Waals surface area contributed by atoms with Gasteiger partial charge in [0, 0.05) is 11.3 Å². The van der Waals surface area contributed by atoms with Crippen molar-refractivity contribution < 1.29 is 23.8 Å². The number of methoxy groups -OCH3 is 3. The van der Waals surface area contributed by atoms with E-state index in [-0.39, 0.29) is 5.70 Å². The molecule has 0 aliphatic carbocycles. The topological polar surface area (TPSA) is 85.9 Å². The maximum Gasteiger partial charge on any atom is 0.272 e. The number of ether oxygens (including phenoxy) is 3. The highest BCUT2D eigenvalue weighted by atomic mass is 16.5. The van der Waals surface area contributed by atoms with Gasteiger partial charge in [0.25, 0.3) is 11.8 Å². The highest BCUT2D eigenvalue weighted by Gasteiger charge is 2.18. The smallest absolute Gasteiger partial charge is 0.272 e. The SMILES string of the molecule is COc1ccc(NC(=O)/C(=C/c2ccccc2OC)NC(=O)c2ccccc2OC)cc1. The molecule has 0 aliphatic heterocycles. The molecule has 0 bridgehead atoms. The summed E-state index contributed by atoms with van der Waals surface area (Å²) in [6.07, 6.45) is 1.56. The first-order chi connectivity index (χ1) is 15.5. The van der Waals surface area contributed by atoms with Gasteiger partial charge in [-0.3, -0.25) is 9.59 Å². The number of hydrogen-bond acceptors (Lipinski definition) is 5. The highest BCUT2D eigenvalue weighted by molar-refractivity contribution is 6.11. The van der Waals surface area contributed by atoms with E-state index < -0.39 is 11.8 Å². The summed E-state index contributed by atoms with van der Waals surface area (Å²) in [6.45, 7) is 0. The van der Waals surface area contributed by atoms with E-state index in [1.807, 2.05) is 12.1 Å². The molecule has 3 aromatic rings. The normalized spacial score (nSPS) is 10.8. The summed E-state index contributed by atoms with van der Waals surface area (Å²) >= 11 is 0. The largest absolute Gasteiger partial charge is 0.497 e. The van der Waals surface area contributed by atoms with Crippen LogP contribution in [-0.2, 0) is 4.79 Å². The van der Waals surface area contributed by atoms with Gasteiger partial charge in [0.05, 0.1) is 26.9 Å². The van der Waals surface area contributed by atoms with Crippen LogP contribution >= 0.6 is 0 Å². The second kappa shape index (κ2) is 10.7. The molecule has 7 heteroatoms. The third kappa shape index (κ3) is 5.46. The molecule has 0 spiro atoms. The van der Waals surface area contributed by atoms with Gasteiger partial charge in [0.2, 0.25) is 0 Å². The fourth-order valence-electron chi connectivity index (χ4n) is 2.99. The number of rotatable bonds is 8. The van der Waals surface area contributed by atoms with Crippen LogP contribution in [0, 0.1) is 0 Å². The predicted molar refractivity (Wildman–Crippen MR) is 123 cm³/mol. The van der Waals surface area contributed by atoms with Gasteiger partial charge in [-0.15, -0.1) is 0 Å². The fraction of sp³-hybridized carbons (Fsp3) is 0.120. The minimum Gasteiger partial charge on any atom is -0.497 e. The molecule has 2 amide bonds. The lowest BCUT2D eigenvalue weighted by molar-refractivity contribution is -0.113. The van der Waals surface area contributed by atoms with Crippen LogP contribution in [0.1, 0.15) is 15.9 Å². The van der Waals surface area contributed by atoms with Gasteiger partial charge >= 0.3 is 0 Å². The van der Waals surface area contributed by atoms with Gasteiger partial charge in [-0.25, -0.2) is 0 Å². The van der Waals surface area contributed by atoms with Crippen LogP contribution in [0.25, 0.3) is 6.08 Å². The van der Waals surface area contributed by atoms with Crippen molar-refractivity contribution in [2.75, 3.05) is 26.6 Å². The molecule has 3 rings (SSSR count). The van der Waals surface area contributed by atoms with Crippen LogP contribution in [0.3, 0.4) is 0 Å². The van der Waals surface area contributed by atoms with Crippen molar-refractivity contribution in [1.29, 1.82) is 0 Å². The molecule has 0 radical (unpaired) electrons. The van der Waals surface area contributed by atoms with E-state index in [0.717, 1.165) is 0 Å². The average molecular weight is 432 g/mol. The number of anilines is 1. The third-order valence-electron chi connectivity index (χ3n) is 4.63. The Morgan fingerprint density at radius 2 is 1.38 bits per heavy atom. The van der Waals surface area contributed by atoms with Gasteiger partial charge in [0.15, 0.2) is 0 Å². The third-order valence-corrected chi connectivity index (χ3v) is 4.63. The molecule has 32 heavy (non-hydrogen) atoms. The van der Waals surface area contributed by atoms with Crippen LogP contribution < -0.4 is 24.8 Å². The van der Waals surface area contributed by atoms with Gasteiger partial charge in [-0.05, 0) is 48.5 Å². The summed E-state index contributed by atoms with van der Waals surface area (Å²) in [5, 5.41) is 5.49. The van der Waals surface area contributed by atoms with Gasteiger partial charge < -0.3 is 24.8 Å². The Kier molecular flexibility index (Phi) is 7.48. The first kappa shape index (κ1) is 22.4. The Hall–Kier alpha value is -4.26. The molecule has 0 unspecified atom stereocenters. The summed E-state index contributed by atoms with van der Waals surface area (Å²) in [6, 6.07) is 20.8. The molecule has 3 aromatic carbocycles. The summed E-state index contributed by atoms with van der Waals surface area (Å²) in [7, 11) is 4.58. The van der Waals surface area contributed by atoms with E-state index in [2.05, 4.69) is 10.6 Å². The second-order valence-electron chi connectivity index (χ2n) is 6.64. The lowest BCUT2D eigenvalue weighted by Crippen LogP contribution is -2.31. The Morgan fingerprint density at radius 3 is 2.03 bits per heavy atom. The van der Waals surface area contributed by atoms with E-state index in [9.17, 15) is 9.59 Å². The van der Waals surface area contributed by atoms with E-state index in [1.165, 1.54) is 14.2 Å². The Bertz CT molecular complexity index is 1120. The average Bonchev–Trinajstić information content (AvgIpc) is 2.84. The summed E-state index contributed by atoms with van der Waals surface area (Å²) in [5.41, 5.74) is 1.53. The first-order valence-electron chi connectivity index (χ1n) is 9.80. The summed E-state index contributed by atoms with van der Waals surface area (Å²) < 4.78 is 15.8. The zero-order chi connectivity index (χ0) is 22.9. The van der Waals surface area contributed by atoms with Crippen molar-refractivity contribution in [2.24, 2.45) is 0 Å². The zero-order valence-electron chi connectivity index (χ0n) is 18.0. The van der Waals surface area contributed by atoms with Crippen molar-refractivity contribution in [3.05, 3.63) is 89.6 Å². The van der Waals surface area contributed by atoms with Crippen molar-refractivity contribution in [1.82, 2.24) is 5.32 Å². The number of hydrogen-bond donors (Lipinski definition) is 2. The van der Waals surface area contributed by atoms with Crippen molar-refractivity contribution >= 4 is 23.6 Å². The van der Waals surface area contributed by atoms with Crippen LogP contribution in [-0.4, -0.2) is 33.1 Å². The van der Waals surface area contributed by atoms with E-state index in [0.29, 0.717) is 34.1 Å². The number of amides is 2. The monoisotopic (exact) mass is 432 g/mol. The van der Waals surface area contributed by atoms with Crippen LogP contribution in [0.5, 0.6) is 17.2 Å². The number of benzene rings is 3. The van der Waals surface area contributed by atoms with Crippen LogP contribution in [0.15, 0.2) is 78.5 Å². The quantitative estimate of drug-likeness (QED) is 0.523. The molecular formula is C25H24N2O5. The maximum atomic E-state index is 13.1. The minimum atomic E-state index is -0.496. The second-order valence-corrected chi connectivity index (χ2v) is 6.64. The summed E-state index contributed by atoms with van der Waals surface area (Å²) in [5.74, 6) is 0.654. The van der Waals surface area contributed by atoms with Crippen molar-refractivity contribution in [3.8, 4) is 17.2 Å². The minimum absolute atomic E-state index is 0.0428. The number of carbonyl (C=O) groups is 2. The molecule has 0 fully saturated rings. The molecule has 2 N–H and O–H groups in total. The molecule has 0 aliphatic rings. The van der Waals surface area contributed by atoms with Crippen LogP contribution in [0.4, 0.5) is 5.69 Å². The molecule has 0 heterocycles.